The fourth-order valence-electron chi connectivity index (χ4n) is 4.67. The minimum atomic E-state index is 0.447. The molecule has 0 amide bonds. The van der Waals surface area contributed by atoms with Crippen LogP contribution >= 0.6 is 11.3 Å². The Kier molecular flexibility index (Phi) is 4.43. The second kappa shape index (κ2) is 6.93. The minimum Gasteiger partial charge on any atom is -0.378 e. The number of likely N-dealkylation sites (N-methyl/N-ethyl adjacent to an activating group) is 1. The van der Waals surface area contributed by atoms with Gasteiger partial charge in [-0.1, -0.05) is 18.2 Å². The van der Waals surface area contributed by atoms with Gasteiger partial charge in [0.25, 0.3) is 0 Å². The third kappa shape index (κ3) is 3.06. The molecular weight excluding hydrogens is 352 g/mol. The first-order valence-electron chi connectivity index (χ1n) is 9.81. The van der Waals surface area contributed by atoms with Crippen LogP contribution in [0.25, 0.3) is 10.1 Å². The number of benzene rings is 2. The van der Waals surface area contributed by atoms with Crippen molar-refractivity contribution in [1.82, 2.24) is 4.90 Å². The van der Waals surface area contributed by atoms with Gasteiger partial charge >= 0.3 is 0 Å². The number of hydrogen-bond acceptors (Lipinski definition) is 4. The van der Waals surface area contributed by atoms with Crippen molar-refractivity contribution in [3.05, 3.63) is 64.0 Å². The molecule has 140 valence electrons. The van der Waals surface area contributed by atoms with Gasteiger partial charge in [0, 0.05) is 42.5 Å². The van der Waals surface area contributed by atoms with Crippen LogP contribution in [0.3, 0.4) is 0 Å². The molecule has 1 aromatic heterocycles. The molecular formula is C23H26N2OS. The van der Waals surface area contributed by atoms with E-state index in [4.69, 9.17) is 4.74 Å². The van der Waals surface area contributed by atoms with E-state index in [-0.39, 0.29) is 0 Å². The number of hydrogen-bond donors (Lipinski definition) is 0. The van der Waals surface area contributed by atoms with Crippen LogP contribution in [0.5, 0.6) is 0 Å². The summed E-state index contributed by atoms with van der Waals surface area (Å²) in [5.41, 5.74) is 7.31. The normalized spacial score (nSPS) is 20.8. The highest BCUT2D eigenvalue weighted by molar-refractivity contribution is 7.17. The summed E-state index contributed by atoms with van der Waals surface area (Å²) >= 11 is 1.84. The van der Waals surface area contributed by atoms with Crippen LogP contribution in [0.15, 0.2) is 41.8 Å². The van der Waals surface area contributed by atoms with Gasteiger partial charge in [0.15, 0.2) is 0 Å². The fourth-order valence-corrected chi connectivity index (χ4v) is 5.50. The van der Waals surface area contributed by atoms with E-state index in [2.05, 4.69) is 65.5 Å². The zero-order valence-electron chi connectivity index (χ0n) is 16.1. The summed E-state index contributed by atoms with van der Waals surface area (Å²) in [4.78, 5) is 4.96. The predicted octanol–water partition coefficient (Wildman–Crippen LogP) is 4.62. The Balaban J connectivity index is 1.57. The van der Waals surface area contributed by atoms with Crippen molar-refractivity contribution >= 4 is 27.1 Å². The Morgan fingerprint density at radius 2 is 1.93 bits per heavy atom. The van der Waals surface area contributed by atoms with E-state index in [1.807, 2.05) is 11.3 Å². The molecule has 1 unspecified atom stereocenters. The van der Waals surface area contributed by atoms with Crippen LogP contribution in [-0.4, -0.2) is 44.8 Å². The second-order valence-electron chi connectivity index (χ2n) is 7.84. The summed E-state index contributed by atoms with van der Waals surface area (Å²) in [7, 11) is 2.25. The minimum absolute atomic E-state index is 0.447. The zero-order chi connectivity index (χ0) is 18.4. The molecule has 0 aliphatic carbocycles. The lowest BCUT2D eigenvalue weighted by Gasteiger charge is -2.37. The van der Waals surface area contributed by atoms with Gasteiger partial charge in [0.05, 0.1) is 13.2 Å². The molecule has 0 bridgehead atoms. The standard InChI is InChI=1S/C23H26N2OS/c1-16-20-14-24(2)15-21(18-4-3-17-7-12-27-23(17)13-18)19(20)5-6-22(16)25-8-10-26-11-9-25/h3-7,12-13,21H,8-11,14-15H2,1-2H3. The molecule has 2 aromatic carbocycles. The molecule has 3 heterocycles. The van der Waals surface area contributed by atoms with Crippen LogP contribution in [0.2, 0.25) is 0 Å². The van der Waals surface area contributed by atoms with Gasteiger partial charge in [0.2, 0.25) is 0 Å². The monoisotopic (exact) mass is 378 g/mol. The number of morpholine rings is 1. The molecule has 0 radical (unpaired) electrons. The molecule has 2 aliphatic heterocycles. The number of nitrogens with zero attached hydrogens (tertiary/aromatic N) is 2. The number of ether oxygens (including phenoxy) is 1. The van der Waals surface area contributed by atoms with Gasteiger partial charge in [0.1, 0.15) is 0 Å². The van der Waals surface area contributed by atoms with Crippen LogP contribution in [0, 0.1) is 6.92 Å². The van der Waals surface area contributed by atoms with Gasteiger partial charge in [-0.3, -0.25) is 0 Å². The summed E-state index contributed by atoms with van der Waals surface area (Å²) in [6.07, 6.45) is 0. The number of rotatable bonds is 2. The smallest absolute Gasteiger partial charge is 0.0642 e. The first kappa shape index (κ1) is 17.2. The molecule has 1 saturated heterocycles. The molecule has 0 N–H and O–H groups in total. The maximum absolute atomic E-state index is 5.55. The summed E-state index contributed by atoms with van der Waals surface area (Å²) < 4.78 is 6.94. The SMILES string of the molecule is Cc1c(N2CCOCC2)ccc2c1CN(C)CC2c1ccc2ccsc2c1. The lowest BCUT2D eigenvalue weighted by molar-refractivity contribution is 0.122. The maximum Gasteiger partial charge on any atom is 0.0642 e. The Hall–Kier alpha value is -1.88. The third-order valence-corrected chi connectivity index (χ3v) is 7.02. The number of fused-ring (bicyclic) bond motifs is 2. The van der Waals surface area contributed by atoms with Crippen molar-refractivity contribution in [3.8, 4) is 0 Å². The highest BCUT2D eigenvalue weighted by Crippen LogP contribution is 2.39. The van der Waals surface area contributed by atoms with E-state index in [0.717, 1.165) is 39.4 Å². The van der Waals surface area contributed by atoms with E-state index in [9.17, 15) is 0 Å². The molecule has 1 atom stereocenters. The largest absolute Gasteiger partial charge is 0.378 e. The van der Waals surface area contributed by atoms with Gasteiger partial charge < -0.3 is 14.5 Å². The van der Waals surface area contributed by atoms with Gasteiger partial charge in [-0.2, -0.15) is 0 Å². The molecule has 3 nitrogen and oxygen atoms in total. The van der Waals surface area contributed by atoms with Crippen molar-refractivity contribution < 1.29 is 4.74 Å². The number of thiophene rings is 1. The lowest BCUT2D eigenvalue weighted by atomic mass is 9.82. The predicted molar refractivity (Wildman–Crippen MR) is 114 cm³/mol. The van der Waals surface area contributed by atoms with Gasteiger partial charge in [-0.05, 0) is 65.2 Å². The summed E-state index contributed by atoms with van der Waals surface area (Å²) in [6.45, 7) is 8.08. The maximum atomic E-state index is 5.55. The van der Waals surface area contributed by atoms with Crippen molar-refractivity contribution in [2.45, 2.75) is 19.4 Å². The lowest BCUT2D eigenvalue weighted by Crippen LogP contribution is -2.37. The summed E-state index contributed by atoms with van der Waals surface area (Å²) in [5, 5.41) is 3.54. The van der Waals surface area contributed by atoms with E-state index in [0.29, 0.717) is 5.92 Å². The topological polar surface area (TPSA) is 15.7 Å². The van der Waals surface area contributed by atoms with Gasteiger partial charge in [-0.15, -0.1) is 11.3 Å². The molecule has 3 aromatic rings. The fraction of sp³-hybridized carbons (Fsp3) is 0.391. The first-order valence-corrected chi connectivity index (χ1v) is 10.7. The molecule has 2 aliphatic rings. The second-order valence-corrected chi connectivity index (χ2v) is 8.79. The highest BCUT2D eigenvalue weighted by Gasteiger charge is 2.28. The Morgan fingerprint density at radius 3 is 2.78 bits per heavy atom. The van der Waals surface area contributed by atoms with Gasteiger partial charge in [-0.25, -0.2) is 0 Å². The molecule has 5 rings (SSSR count). The third-order valence-electron chi connectivity index (χ3n) is 6.14. The summed E-state index contributed by atoms with van der Waals surface area (Å²) in [5.74, 6) is 0.447. The van der Waals surface area contributed by atoms with E-state index in [1.165, 1.54) is 38.0 Å². The van der Waals surface area contributed by atoms with Crippen molar-refractivity contribution in [3.63, 3.8) is 0 Å². The number of anilines is 1. The van der Waals surface area contributed by atoms with Crippen molar-refractivity contribution in [2.75, 3.05) is 44.8 Å². The Labute approximate surface area is 165 Å². The van der Waals surface area contributed by atoms with E-state index < -0.39 is 0 Å². The average Bonchev–Trinajstić information content (AvgIpc) is 3.17. The van der Waals surface area contributed by atoms with Crippen LogP contribution in [-0.2, 0) is 11.3 Å². The van der Waals surface area contributed by atoms with Crippen LogP contribution < -0.4 is 4.90 Å². The first-order chi connectivity index (χ1) is 13.2. The quantitative estimate of drug-likeness (QED) is 0.647. The molecule has 1 fully saturated rings. The van der Waals surface area contributed by atoms with Crippen molar-refractivity contribution in [1.29, 1.82) is 0 Å². The average molecular weight is 379 g/mol. The zero-order valence-corrected chi connectivity index (χ0v) is 16.9. The van der Waals surface area contributed by atoms with Crippen LogP contribution in [0.4, 0.5) is 5.69 Å². The van der Waals surface area contributed by atoms with E-state index in [1.54, 1.807) is 0 Å². The Morgan fingerprint density at radius 1 is 1.07 bits per heavy atom. The molecule has 0 saturated carbocycles. The molecule has 0 spiro atoms. The Bertz CT molecular complexity index is 974. The van der Waals surface area contributed by atoms with Crippen LogP contribution in [0.1, 0.15) is 28.2 Å². The highest BCUT2D eigenvalue weighted by atomic mass is 32.1. The van der Waals surface area contributed by atoms with Crippen molar-refractivity contribution in [2.24, 2.45) is 0 Å². The molecule has 4 heteroatoms. The summed E-state index contributed by atoms with van der Waals surface area (Å²) in [6, 6.07) is 14.0. The van der Waals surface area contributed by atoms with E-state index >= 15 is 0 Å². The molecule has 27 heavy (non-hydrogen) atoms.